The van der Waals surface area contributed by atoms with Crippen molar-refractivity contribution in [1.29, 1.82) is 0 Å². The average Bonchev–Trinajstić information content (AvgIpc) is 3.17. The molecule has 0 bridgehead atoms. The highest BCUT2D eigenvalue weighted by Gasteiger charge is 2.21. The van der Waals surface area contributed by atoms with E-state index < -0.39 is 17.9 Å². The second-order valence-electron chi connectivity index (χ2n) is 6.98. The van der Waals surface area contributed by atoms with Crippen LogP contribution in [0, 0.1) is 0 Å². The van der Waals surface area contributed by atoms with Gasteiger partial charge in [-0.25, -0.2) is 4.79 Å². The van der Waals surface area contributed by atoms with E-state index in [1.165, 1.54) is 7.11 Å². The van der Waals surface area contributed by atoms with Crippen molar-refractivity contribution < 1.29 is 19.1 Å². The Balaban J connectivity index is 1.65. The third-order valence-electron chi connectivity index (χ3n) is 4.91. The zero-order chi connectivity index (χ0) is 22.4. The molecule has 1 amide bonds. The maximum atomic E-state index is 12.4. The van der Waals surface area contributed by atoms with Gasteiger partial charge in [-0.2, -0.15) is 4.98 Å². The van der Waals surface area contributed by atoms with Crippen LogP contribution in [0.2, 0.25) is 0 Å². The number of aldehydes is 1. The summed E-state index contributed by atoms with van der Waals surface area (Å²) >= 11 is 0. The van der Waals surface area contributed by atoms with Gasteiger partial charge < -0.3 is 25.6 Å². The number of esters is 1. The fourth-order valence-corrected chi connectivity index (χ4v) is 3.29. The van der Waals surface area contributed by atoms with Gasteiger partial charge in [0.2, 0.25) is 5.95 Å². The van der Waals surface area contributed by atoms with Crippen molar-refractivity contribution in [3.8, 4) is 0 Å². The molecule has 0 aliphatic heterocycles. The number of amides is 1. The molecule has 10 nitrogen and oxygen atoms in total. The number of fused-ring (bicyclic) bond motifs is 1. The third-order valence-corrected chi connectivity index (χ3v) is 4.91. The number of ether oxygens (including phenoxy) is 1. The first kappa shape index (κ1) is 21.8. The minimum atomic E-state index is -0.884. The zero-order valence-corrected chi connectivity index (χ0v) is 16.9. The molecule has 3 aromatic rings. The largest absolute Gasteiger partial charge is 0.467 e. The minimum absolute atomic E-state index is 0.0559. The van der Waals surface area contributed by atoms with Gasteiger partial charge in [-0.15, -0.1) is 0 Å². The lowest BCUT2D eigenvalue weighted by Gasteiger charge is -2.15. The van der Waals surface area contributed by atoms with Crippen molar-refractivity contribution >= 4 is 35.1 Å². The Bertz CT molecular complexity index is 1150. The van der Waals surface area contributed by atoms with E-state index >= 15 is 0 Å². The monoisotopic (exact) mass is 425 g/mol. The number of nitrogens with one attached hydrogen (secondary N) is 3. The molecule has 0 saturated carbocycles. The number of rotatable bonds is 9. The SMILES string of the molecule is COC(=O)C(CCC=O)NC(=O)c1ccc(CCc2c[nH]c3nc(N)[nH]c(=O)c23)cc1. The molecule has 1 unspecified atom stereocenters. The van der Waals surface area contributed by atoms with E-state index in [4.69, 9.17) is 5.73 Å². The molecule has 0 aliphatic carbocycles. The van der Waals surface area contributed by atoms with Gasteiger partial charge in [0.05, 0.1) is 12.5 Å². The van der Waals surface area contributed by atoms with E-state index in [0.717, 1.165) is 11.1 Å². The standard InChI is InChI=1S/C21H23N5O5/c1-31-20(30)15(3-2-10-27)24-18(28)13-7-4-12(5-8-13)6-9-14-11-23-17-16(14)19(29)26-21(22)25-17/h4-5,7-8,10-11,15H,2-3,6,9H2,1H3,(H,24,28)(H4,22,23,25,26,29). The molecule has 0 fully saturated rings. The summed E-state index contributed by atoms with van der Waals surface area (Å²) in [6.45, 7) is 0. The lowest BCUT2D eigenvalue weighted by Crippen LogP contribution is -2.41. The number of aromatic amines is 2. The normalized spacial score (nSPS) is 11.8. The van der Waals surface area contributed by atoms with Crippen LogP contribution >= 0.6 is 0 Å². The van der Waals surface area contributed by atoms with Crippen LogP contribution < -0.4 is 16.6 Å². The van der Waals surface area contributed by atoms with E-state index in [0.29, 0.717) is 35.7 Å². The molecule has 31 heavy (non-hydrogen) atoms. The van der Waals surface area contributed by atoms with Crippen molar-refractivity contribution in [2.45, 2.75) is 31.7 Å². The first-order valence-electron chi connectivity index (χ1n) is 9.70. The van der Waals surface area contributed by atoms with Gasteiger partial charge in [-0.1, -0.05) is 12.1 Å². The highest BCUT2D eigenvalue weighted by Crippen LogP contribution is 2.16. The Morgan fingerprint density at radius 2 is 2.00 bits per heavy atom. The second kappa shape index (κ2) is 9.70. The van der Waals surface area contributed by atoms with Crippen LogP contribution in [0.4, 0.5) is 5.95 Å². The molecule has 1 atom stereocenters. The van der Waals surface area contributed by atoms with Crippen LogP contribution in [0.3, 0.4) is 0 Å². The van der Waals surface area contributed by atoms with E-state index in [2.05, 4.69) is 25.0 Å². The number of carbonyl (C=O) groups is 3. The summed E-state index contributed by atoms with van der Waals surface area (Å²) in [5, 5.41) is 3.07. The molecule has 0 radical (unpaired) electrons. The summed E-state index contributed by atoms with van der Waals surface area (Å²) in [5.74, 6) is -0.975. The number of nitrogen functional groups attached to an aromatic ring is 1. The molecule has 2 aromatic heterocycles. The van der Waals surface area contributed by atoms with Crippen molar-refractivity contribution in [3.63, 3.8) is 0 Å². The number of H-pyrrole nitrogens is 2. The van der Waals surface area contributed by atoms with Crippen LogP contribution in [0.25, 0.3) is 11.0 Å². The Morgan fingerprint density at radius 3 is 2.68 bits per heavy atom. The number of anilines is 1. The van der Waals surface area contributed by atoms with Crippen LogP contribution in [0.5, 0.6) is 0 Å². The molecular weight excluding hydrogens is 402 g/mol. The Morgan fingerprint density at radius 1 is 1.26 bits per heavy atom. The minimum Gasteiger partial charge on any atom is -0.467 e. The Hall–Kier alpha value is -3.95. The number of benzene rings is 1. The molecule has 0 spiro atoms. The highest BCUT2D eigenvalue weighted by atomic mass is 16.5. The fraction of sp³-hybridized carbons (Fsp3) is 0.286. The highest BCUT2D eigenvalue weighted by molar-refractivity contribution is 5.96. The van der Waals surface area contributed by atoms with Crippen LogP contribution in [-0.2, 0) is 27.2 Å². The number of aryl methyl sites for hydroxylation is 2. The second-order valence-corrected chi connectivity index (χ2v) is 6.98. The molecule has 0 saturated heterocycles. The summed E-state index contributed by atoms with van der Waals surface area (Å²) in [5.41, 5.74) is 7.88. The first-order chi connectivity index (χ1) is 14.9. The predicted octanol–water partition coefficient (Wildman–Crippen LogP) is 0.869. The number of nitrogens with two attached hydrogens (primary N) is 1. The summed E-state index contributed by atoms with van der Waals surface area (Å²) in [6, 6.07) is 6.04. The lowest BCUT2D eigenvalue weighted by molar-refractivity contribution is -0.143. The predicted molar refractivity (Wildman–Crippen MR) is 114 cm³/mol. The summed E-state index contributed by atoms with van der Waals surface area (Å²) in [7, 11) is 1.23. The van der Waals surface area contributed by atoms with Crippen LogP contribution in [0.15, 0.2) is 35.3 Å². The maximum Gasteiger partial charge on any atom is 0.328 e. The van der Waals surface area contributed by atoms with Crippen molar-refractivity contribution in [2.75, 3.05) is 12.8 Å². The summed E-state index contributed by atoms with van der Waals surface area (Å²) < 4.78 is 4.67. The van der Waals surface area contributed by atoms with Crippen molar-refractivity contribution in [2.24, 2.45) is 0 Å². The van der Waals surface area contributed by atoms with Crippen LogP contribution in [-0.4, -0.2) is 46.3 Å². The van der Waals surface area contributed by atoms with Gasteiger partial charge in [0, 0.05) is 18.2 Å². The van der Waals surface area contributed by atoms with Gasteiger partial charge in [0.15, 0.2) is 0 Å². The quantitative estimate of drug-likeness (QED) is 0.292. The Labute approximate surface area is 177 Å². The number of hydrogen-bond donors (Lipinski definition) is 4. The molecule has 10 heteroatoms. The van der Waals surface area contributed by atoms with E-state index in [1.54, 1.807) is 18.3 Å². The number of nitrogens with zero attached hydrogens (tertiary/aromatic N) is 1. The molecule has 3 rings (SSSR count). The molecule has 2 heterocycles. The van der Waals surface area contributed by atoms with E-state index in [1.807, 2.05) is 12.1 Å². The van der Waals surface area contributed by atoms with Gasteiger partial charge in [0.1, 0.15) is 18.0 Å². The summed E-state index contributed by atoms with van der Waals surface area (Å²) in [6.07, 6.45) is 3.96. The van der Waals surface area contributed by atoms with Crippen molar-refractivity contribution in [3.05, 3.63) is 57.5 Å². The zero-order valence-electron chi connectivity index (χ0n) is 16.9. The van der Waals surface area contributed by atoms with Gasteiger partial charge in [-0.3, -0.25) is 14.6 Å². The number of carbonyl (C=O) groups excluding carboxylic acids is 3. The fourth-order valence-electron chi connectivity index (χ4n) is 3.29. The van der Waals surface area contributed by atoms with Crippen LogP contribution in [0.1, 0.15) is 34.3 Å². The third kappa shape index (κ3) is 5.16. The molecule has 0 aliphatic rings. The number of hydrogen-bond acceptors (Lipinski definition) is 7. The molecule has 5 N–H and O–H groups in total. The molecule has 1 aromatic carbocycles. The maximum absolute atomic E-state index is 12.4. The number of aromatic nitrogens is 3. The smallest absolute Gasteiger partial charge is 0.328 e. The van der Waals surface area contributed by atoms with Crippen molar-refractivity contribution in [1.82, 2.24) is 20.3 Å². The van der Waals surface area contributed by atoms with Gasteiger partial charge in [-0.05, 0) is 42.5 Å². The lowest BCUT2D eigenvalue weighted by atomic mass is 10.0. The number of methoxy groups -OCH3 is 1. The van der Waals surface area contributed by atoms with Gasteiger partial charge >= 0.3 is 5.97 Å². The topological polar surface area (TPSA) is 160 Å². The Kier molecular flexibility index (Phi) is 6.81. The average molecular weight is 425 g/mol. The molecular formula is C21H23N5O5. The van der Waals surface area contributed by atoms with E-state index in [-0.39, 0.29) is 24.3 Å². The van der Waals surface area contributed by atoms with Gasteiger partial charge in [0.25, 0.3) is 11.5 Å². The summed E-state index contributed by atoms with van der Waals surface area (Å²) in [4.78, 5) is 56.5. The van der Waals surface area contributed by atoms with E-state index in [9.17, 15) is 19.2 Å². The first-order valence-corrected chi connectivity index (χ1v) is 9.70. The molecule has 162 valence electrons.